The monoisotopic (exact) mass is 335 g/mol. The molecule has 1 unspecified atom stereocenters. The first-order valence-corrected chi connectivity index (χ1v) is 6.70. The minimum Gasteiger partial charge on any atom is -0.508 e. The largest absolute Gasteiger partial charge is 0.508 e. The van der Waals surface area contributed by atoms with Gasteiger partial charge in [0.1, 0.15) is 5.75 Å². The Labute approximate surface area is 137 Å². The van der Waals surface area contributed by atoms with Gasteiger partial charge in [-0.25, -0.2) is 0 Å². The lowest BCUT2D eigenvalue weighted by Gasteiger charge is -2.37. The number of carbonyl (C=O) groups is 1. The molecule has 21 heavy (non-hydrogen) atoms. The Kier molecular flexibility index (Phi) is 8.47. The summed E-state index contributed by atoms with van der Waals surface area (Å²) in [4.78, 5) is 16.0. The van der Waals surface area contributed by atoms with Gasteiger partial charge in [-0.2, -0.15) is 0 Å². The number of benzene rings is 1. The van der Waals surface area contributed by atoms with Crippen LogP contribution < -0.4 is 10.6 Å². The van der Waals surface area contributed by atoms with Gasteiger partial charge in [0.15, 0.2) is 0 Å². The average Bonchev–Trinajstić information content (AvgIpc) is 2.46. The normalized spacial score (nSPS) is 15.7. The summed E-state index contributed by atoms with van der Waals surface area (Å²) >= 11 is 0. The number of piperazine rings is 1. The second-order valence-electron chi connectivity index (χ2n) is 4.84. The van der Waals surface area contributed by atoms with Crippen LogP contribution in [0.4, 0.5) is 5.69 Å². The molecule has 120 valence electrons. The maximum Gasteiger partial charge on any atom is 0.239 e. The Bertz CT molecular complexity index is 434. The molecule has 1 aliphatic heterocycles. The fourth-order valence-corrected chi connectivity index (χ4v) is 2.26. The first-order valence-electron chi connectivity index (χ1n) is 6.70. The quantitative estimate of drug-likeness (QED) is 0.880. The molecular formula is C14H23Cl2N3O2. The van der Waals surface area contributed by atoms with E-state index in [2.05, 4.69) is 4.90 Å². The predicted octanol–water partition coefficient (Wildman–Crippen LogP) is 1.62. The second kappa shape index (κ2) is 8.97. The molecule has 7 heteroatoms. The Balaban J connectivity index is 0.00000200. The zero-order valence-corrected chi connectivity index (χ0v) is 13.7. The van der Waals surface area contributed by atoms with Crippen molar-refractivity contribution in [1.29, 1.82) is 0 Å². The van der Waals surface area contributed by atoms with E-state index in [4.69, 9.17) is 5.73 Å². The summed E-state index contributed by atoms with van der Waals surface area (Å²) in [6.07, 6.45) is 0.678. The molecule has 0 spiro atoms. The molecule has 1 amide bonds. The maximum atomic E-state index is 12.0. The Hall–Kier alpha value is -1.17. The number of hydrogen-bond acceptors (Lipinski definition) is 4. The van der Waals surface area contributed by atoms with Gasteiger partial charge in [-0.1, -0.05) is 6.92 Å². The van der Waals surface area contributed by atoms with Gasteiger partial charge in [0.25, 0.3) is 0 Å². The Morgan fingerprint density at radius 2 is 1.71 bits per heavy atom. The van der Waals surface area contributed by atoms with Crippen LogP contribution in [0, 0.1) is 0 Å². The van der Waals surface area contributed by atoms with Crippen LogP contribution >= 0.6 is 24.8 Å². The van der Waals surface area contributed by atoms with Crippen LogP contribution in [0.1, 0.15) is 13.3 Å². The zero-order chi connectivity index (χ0) is 13.8. The van der Waals surface area contributed by atoms with Crippen LogP contribution in [0.25, 0.3) is 0 Å². The molecule has 0 radical (unpaired) electrons. The smallest absolute Gasteiger partial charge is 0.239 e. The number of rotatable bonds is 3. The van der Waals surface area contributed by atoms with Crippen molar-refractivity contribution in [3.8, 4) is 5.75 Å². The van der Waals surface area contributed by atoms with Crippen molar-refractivity contribution < 1.29 is 9.90 Å². The first-order chi connectivity index (χ1) is 9.11. The molecule has 2 rings (SSSR count). The molecule has 1 fully saturated rings. The number of aromatic hydroxyl groups is 1. The van der Waals surface area contributed by atoms with Crippen molar-refractivity contribution >= 4 is 36.4 Å². The lowest BCUT2D eigenvalue weighted by Crippen LogP contribution is -2.53. The van der Waals surface area contributed by atoms with Gasteiger partial charge in [-0.3, -0.25) is 4.79 Å². The predicted molar refractivity (Wildman–Crippen MR) is 89.7 cm³/mol. The Morgan fingerprint density at radius 3 is 2.19 bits per heavy atom. The Morgan fingerprint density at radius 1 is 1.19 bits per heavy atom. The van der Waals surface area contributed by atoms with Crippen LogP contribution in [0.15, 0.2) is 24.3 Å². The molecule has 1 heterocycles. The fraction of sp³-hybridized carbons (Fsp3) is 0.500. The standard InChI is InChI=1S/C14H21N3O2.2ClH/c1-2-13(15)14(19)17-9-7-16(8-10-17)11-3-5-12(18)6-4-11;;/h3-6,13,18H,2,7-10,15H2,1H3;2*1H. The summed E-state index contributed by atoms with van der Waals surface area (Å²) < 4.78 is 0. The molecule has 1 aromatic carbocycles. The highest BCUT2D eigenvalue weighted by atomic mass is 35.5. The van der Waals surface area contributed by atoms with E-state index in [0.29, 0.717) is 19.5 Å². The summed E-state index contributed by atoms with van der Waals surface area (Å²) in [7, 11) is 0. The topological polar surface area (TPSA) is 69.8 Å². The van der Waals surface area contributed by atoms with E-state index in [0.717, 1.165) is 18.8 Å². The average molecular weight is 336 g/mol. The van der Waals surface area contributed by atoms with Crippen LogP contribution in [0.2, 0.25) is 0 Å². The summed E-state index contributed by atoms with van der Waals surface area (Å²) in [5, 5.41) is 9.27. The fourth-order valence-electron chi connectivity index (χ4n) is 2.26. The summed E-state index contributed by atoms with van der Waals surface area (Å²) in [6, 6.07) is 6.77. The van der Waals surface area contributed by atoms with Gasteiger partial charge in [0, 0.05) is 31.9 Å². The van der Waals surface area contributed by atoms with Gasteiger partial charge in [-0.05, 0) is 30.7 Å². The molecule has 0 bridgehead atoms. The molecule has 1 atom stereocenters. The van der Waals surface area contributed by atoms with Crippen LogP contribution in [-0.2, 0) is 4.79 Å². The summed E-state index contributed by atoms with van der Waals surface area (Å²) in [5.74, 6) is 0.319. The summed E-state index contributed by atoms with van der Waals surface area (Å²) in [5.41, 5.74) is 6.85. The highest BCUT2D eigenvalue weighted by molar-refractivity contribution is 5.85. The molecule has 5 nitrogen and oxygen atoms in total. The van der Waals surface area contributed by atoms with Gasteiger partial charge in [0.05, 0.1) is 6.04 Å². The number of nitrogens with two attached hydrogens (primary N) is 1. The van der Waals surface area contributed by atoms with Crippen molar-refractivity contribution in [2.75, 3.05) is 31.1 Å². The third-order valence-corrected chi connectivity index (χ3v) is 3.56. The molecule has 1 saturated heterocycles. The molecule has 1 aliphatic rings. The van der Waals surface area contributed by atoms with Crippen LogP contribution in [-0.4, -0.2) is 48.1 Å². The van der Waals surface area contributed by atoms with Crippen LogP contribution in [0.5, 0.6) is 5.75 Å². The number of halogens is 2. The molecule has 3 N–H and O–H groups in total. The lowest BCUT2D eigenvalue weighted by atomic mass is 10.2. The van der Waals surface area contributed by atoms with E-state index in [1.165, 1.54) is 0 Å². The lowest BCUT2D eigenvalue weighted by molar-refractivity contribution is -0.132. The minimum atomic E-state index is -0.375. The van der Waals surface area contributed by atoms with Crippen molar-refractivity contribution in [3.05, 3.63) is 24.3 Å². The molecular weight excluding hydrogens is 313 g/mol. The van der Waals surface area contributed by atoms with Crippen molar-refractivity contribution in [2.24, 2.45) is 5.73 Å². The van der Waals surface area contributed by atoms with E-state index in [1.54, 1.807) is 12.1 Å². The third kappa shape index (κ3) is 4.95. The van der Waals surface area contributed by atoms with Gasteiger partial charge in [0.2, 0.25) is 5.91 Å². The molecule has 0 aliphatic carbocycles. The van der Waals surface area contributed by atoms with Gasteiger partial charge < -0.3 is 20.6 Å². The third-order valence-electron chi connectivity index (χ3n) is 3.56. The van der Waals surface area contributed by atoms with E-state index >= 15 is 0 Å². The number of nitrogens with zero attached hydrogens (tertiary/aromatic N) is 2. The number of phenols is 1. The van der Waals surface area contributed by atoms with Gasteiger partial charge >= 0.3 is 0 Å². The number of hydrogen-bond donors (Lipinski definition) is 2. The molecule has 1 aromatic rings. The number of carbonyl (C=O) groups excluding carboxylic acids is 1. The summed E-state index contributed by atoms with van der Waals surface area (Å²) in [6.45, 7) is 4.93. The SMILES string of the molecule is CCC(N)C(=O)N1CCN(c2ccc(O)cc2)CC1.Cl.Cl. The first kappa shape index (κ1) is 19.8. The number of anilines is 1. The highest BCUT2D eigenvalue weighted by Gasteiger charge is 2.24. The number of phenolic OH excluding ortho intramolecular Hbond substituents is 1. The number of amides is 1. The van der Waals surface area contributed by atoms with Crippen molar-refractivity contribution in [3.63, 3.8) is 0 Å². The van der Waals surface area contributed by atoms with Crippen molar-refractivity contribution in [2.45, 2.75) is 19.4 Å². The van der Waals surface area contributed by atoms with E-state index < -0.39 is 0 Å². The molecule has 0 aromatic heterocycles. The highest BCUT2D eigenvalue weighted by Crippen LogP contribution is 2.19. The van der Waals surface area contributed by atoms with E-state index in [1.807, 2.05) is 24.0 Å². The van der Waals surface area contributed by atoms with Gasteiger partial charge in [-0.15, -0.1) is 24.8 Å². The minimum absolute atomic E-state index is 0. The van der Waals surface area contributed by atoms with E-state index in [9.17, 15) is 9.90 Å². The maximum absolute atomic E-state index is 12.0. The second-order valence-corrected chi connectivity index (χ2v) is 4.84. The zero-order valence-electron chi connectivity index (χ0n) is 12.1. The van der Waals surface area contributed by atoms with E-state index in [-0.39, 0.29) is 42.5 Å². The van der Waals surface area contributed by atoms with Crippen LogP contribution in [0.3, 0.4) is 0 Å². The molecule has 0 saturated carbocycles. The van der Waals surface area contributed by atoms with Crippen molar-refractivity contribution in [1.82, 2.24) is 4.90 Å².